The van der Waals surface area contributed by atoms with E-state index < -0.39 is 0 Å². The van der Waals surface area contributed by atoms with Crippen molar-refractivity contribution in [3.8, 4) is 11.5 Å². The number of phenolic OH excluding ortho intramolecular Hbond substituents is 2. The molecule has 0 atom stereocenters. The Labute approximate surface area is 114 Å². The summed E-state index contributed by atoms with van der Waals surface area (Å²) in [6, 6.07) is 10.5. The average Bonchev–Trinajstić information content (AvgIpc) is 2.85. The third-order valence-corrected chi connectivity index (χ3v) is 2.92. The number of fused-ring (bicyclic) bond motifs is 1. The molecule has 6 heteroatoms. The molecule has 0 radical (unpaired) electrons. The maximum atomic E-state index is 9.95. The molecule has 0 unspecified atom stereocenters. The molecule has 0 aliphatic rings. The fourth-order valence-corrected chi connectivity index (χ4v) is 1.96. The molecule has 1 heterocycles. The fourth-order valence-electron chi connectivity index (χ4n) is 1.96. The van der Waals surface area contributed by atoms with E-state index in [2.05, 4.69) is 20.4 Å². The lowest BCUT2D eigenvalue weighted by Gasteiger charge is -2.05. The van der Waals surface area contributed by atoms with E-state index in [0.29, 0.717) is 11.2 Å². The molecular formula is C14H12N4O2. The largest absolute Gasteiger partial charge is 0.504 e. The van der Waals surface area contributed by atoms with Crippen LogP contribution in [-0.4, -0.2) is 20.4 Å². The van der Waals surface area contributed by atoms with Crippen LogP contribution >= 0.6 is 0 Å². The minimum Gasteiger partial charge on any atom is -0.504 e. The average molecular weight is 268 g/mol. The first-order valence-corrected chi connectivity index (χ1v) is 6.02. The zero-order valence-corrected chi connectivity index (χ0v) is 10.7. The predicted octanol–water partition coefficient (Wildman–Crippen LogP) is 3.70. The summed E-state index contributed by atoms with van der Waals surface area (Å²) in [4.78, 5) is 0. The highest BCUT2D eigenvalue weighted by Gasteiger charge is 2.11. The van der Waals surface area contributed by atoms with Gasteiger partial charge in [-0.2, -0.15) is 5.10 Å². The third-order valence-electron chi connectivity index (χ3n) is 2.92. The number of benzene rings is 2. The topological polar surface area (TPSA) is 93.9 Å². The Morgan fingerprint density at radius 2 is 1.90 bits per heavy atom. The Bertz CT molecular complexity index is 808. The summed E-state index contributed by atoms with van der Waals surface area (Å²) in [6.07, 6.45) is 0. The predicted molar refractivity (Wildman–Crippen MR) is 74.8 cm³/mol. The molecule has 0 saturated heterocycles. The molecule has 100 valence electrons. The van der Waals surface area contributed by atoms with Gasteiger partial charge >= 0.3 is 0 Å². The van der Waals surface area contributed by atoms with Crippen molar-refractivity contribution in [2.45, 2.75) is 6.92 Å². The molecule has 0 fully saturated rings. The standard InChI is InChI=1S/C14H12N4O2/c1-8-6-12(16-15-8)17-18-13-10-5-3-2-4-9(10)7-11(19)14(13)20/h2-7,19-20H,1H3,(H,15,16). The zero-order chi connectivity index (χ0) is 14.1. The number of azo groups is 1. The van der Waals surface area contributed by atoms with Gasteiger partial charge in [-0.3, -0.25) is 5.10 Å². The Morgan fingerprint density at radius 1 is 1.10 bits per heavy atom. The maximum absolute atomic E-state index is 9.95. The second kappa shape index (κ2) is 4.65. The van der Waals surface area contributed by atoms with Crippen LogP contribution in [0.25, 0.3) is 10.8 Å². The van der Waals surface area contributed by atoms with E-state index >= 15 is 0 Å². The molecule has 0 bridgehead atoms. The van der Waals surface area contributed by atoms with Crippen LogP contribution in [0, 0.1) is 6.92 Å². The molecule has 3 N–H and O–H groups in total. The summed E-state index contributed by atoms with van der Waals surface area (Å²) in [7, 11) is 0. The molecule has 0 aliphatic heterocycles. The first-order chi connectivity index (χ1) is 9.65. The van der Waals surface area contributed by atoms with Gasteiger partial charge < -0.3 is 10.2 Å². The van der Waals surface area contributed by atoms with Crippen molar-refractivity contribution in [2.75, 3.05) is 0 Å². The molecule has 20 heavy (non-hydrogen) atoms. The number of rotatable bonds is 2. The van der Waals surface area contributed by atoms with Crippen LogP contribution < -0.4 is 0 Å². The zero-order valence-electron chi connectivity index (χ0n) is 10.7. The summed E-state index contributed by atoms with van der Waals surface area (Å²) in [6.45, 7) is 1.85. The van der Waals surface area contributed by atoms with Gasteiger partial charge in [0.2, 0.25) is 0 Å². The number of H-pyrrole nitrogens is 1. The Balaban J connectivity index is 2.14. The summed E-state index contributed by atoms with van der Waals surface area (Å²) in [5.41, 5.74) is 1.09. The van der Waals surface area contributed by atoms with Gasteiger partial charge in [0.15, 0.2) is 17.3 Å². The molecule has 0 amide bonds. The molecule has 0 saturated carbocycles. The first-order valence-electron chi connectivity index (χ1n) is 6.02. The molecule has 2 aromatic carbocycles. The van der Waals surface area contributed by atoms with Gasteiger partial charge in [0.05, 0.1) is 0 Å². The van der Waals surface area contributed by atoms with Crippen molar-refractivity contribution >= 4 is 22.3 Å². The fraction of sp³-hybridized carbons (Fsp3) is 0.0714. The highest BCUT2D eigenvalue weighted by molar-refractivity contribution is 5.97. The minimum atomic E-state index is -0.292. The number of aromatic amines is 1. The smallest absolute Gasteiger partial charge is 0.195 e. The number of nitrogens with one attached hydrogen (secondary N) is 1. The van der Waals surface area contributed by atoms with Crippen molar-refractivity contribution in [3.05, 3.63) is 42.1 Å². The van der Waals surface area contributed by atoms with Crippen LogP contribution in [0.15, 0.2) is 46.6 Å². The number of nitrogens with zero attached hydrogens (tertiary/aromatic N) is 3. The van der Waals surface area contributed by atoms with Gasteiger partial charge in [-0.05, 0) is 18.4 Å². The number of hydrogen-bond donors (Lipinski definition) is 3. The van der Waals surface area contributed by atoms with Crippen molar-refractivity contribution < 1.29 is 10.2 Å². The summed E-state index contributed by atoms with van der Waals surface area (Å²) >= 11 is 0. The summed E-state index contributed by atoms with van der Waals surface area (Å²) in [5, 5.41) is 35.8. The SMILES string of the molecule is Cc1cc(N=Nc2c(O)c(O)cc3ccccc23)n[nH]1. The maximum Gasteiger partial charge on any atom is 0.195 e. The van der Waals surface area contributed by atoms with Gasteiger partial charge in [0.25, 0.3) is 0 Å². The molecular weight excluding hydrogens is 256 g/mol. The van der Waals surface area contributed by atoms with Crippen molar-refractivity contribution in [1.82, 2.24) is 10.2 Å². The lowest BCUT2D eigenvalue weighted by atomic mass is 10.1. The number of hydrogen-bond acceptors (Lipinski definition) is 5. The van der Waals surface area contributed by atoms with E-state index in [-0.39, 0.29) is 17.2 Å². The molecule has 3 rings (SSSR count). The van der Waals surface area contributed by atoms with E-state index in [0.717, 1.165) is 11.1 Å². The van der Waals surface area contributed by atoms with E-state index in [1.165, 1.54) is 6.07 Å². The highest BCUT2D eigenvalue weighted by Crippen LogP contribution is 2.42. The van der Waals surface area contributed by atoms with Gasteiger partial charge in [-0.1, -0.05) is 24.3 Å². The molecule has 0 spiro atoms. The Hall–Kier alpha value is -2.89. The molecule has 0 aliphatic carbocycles. The van der Waals surface area contributed by atoms with E-state index in [9.17, 15) is 10.2 Å². The van der Waals surface area contributed by atoms with Gasteiger partial charge in [-0.25, -0.2) is 0 Å². The highest BCUT2D eigenvalue weighted by atomic mass is 16.3. The van der Waals surface area contributed by atoms with Gasteiger partial charge in [0.1, 0.15) is 5.69 Å². The van der Waals surface area contributed by atoms with Crippen LogP contribution in [0.4, 0.5) is 11.5 Å². The number of aromatic hydroxyl groups is 2. The second-order valence-electron chi connectivity index (χ2n) is 4.42. The second-order valence-corrected chi connectivity index (χ2v) is 4.42. The minimum absolute atomic E-state index is 0.223. The van der Waals surface area contributed by atoms with Crippen LogP contribution in [0.5, 0.6) is 11.5 Å². The number of aromatic nitrogens is 2. The van der Waals surface area contributed by atoms with Crippen molar-refractivity contribution in [1.29, 1.82) is 0 Å². The van der Waals surface area contributed by atoms with Crippen LogP contribution in [-0.2, 0) is 0 Å². The summed E-state index contributed by atoms with van der Waals surface area (Å²) in [5.74, 6) is -0.107. The van der Waals surface area contributed by atoms with Crippen LogP contribution in [0.2, 0.25) is 0 Å². The molecule has 6 nitrogen and oxygen atoms in total. The van der Waals surface area contributed by atoms with E-state index in [1.807, 2.05) is 25.1 Å². The quantitative estimate of drug-likeness (QED) is 0.488. The van der Waals surface area contributed by atoms with Crippen LogP contribution in [0.3, 0.4) is 0 Å². The number of aryl methyl sites for hydroxylation is 1. The van der Waals surface area contributed by atoms with Gasteiger partial charge in [-0.15, -0.1) is 10.2 Å². The lowest BCUT2D eigenvalue weighted by molar-refractivity contribution is 0.406. The molecule has 3 aromatic rings. The Morgan fingerprint density at radius 3 is 2.65 bits per heavy atom. The monoisotopic (exact) mass is 268 g/mol. The van der Waals surface area contributed by atoms with Crippen molar-refractivity contribution in [2.24, 2.45) is 10.2 Å². The van der Waals surface area contributed by atoms with Gasteiger partial charge in [0, 0.05) is 17.1 Å². The van der Waals surface area contributed by atoms with Crippen LogP contribution in [0.1, 0.15) is 5.69 Å². The lowest BCUT2D eigenvalue weighted by Crippen LogP contribution is -1.76. The van der Waals surface area contributed by atoms with E-state index in [1.54, 1.807) is 12.1 Å². The summed E-state index contributed by atoms with van der Waals surface area (Å²) < 4.78 is 0. The molecule has 1 aromatic heterocycles. The number of phenols is 2. The third kappa shape index (κ3) is 2.07. The Kier molecular flexibility index (Phi) is 2.83. The normalized spacial score (nSPS) is 11.4. The van der Waals surface area contributed by atoms with Crippen molar-refractivity contribution in [3.63, 3.8) is 0 Å². The van der Waals surface area contributed by atoms with E-state index in [4.69, 9.17) is 0 Å². The first kappa shape index (κ1) is 12.2.